The number of nitrogens with zero attached hydrogens (tertiary/aromatic N) is 1. The lowest BCUT2D eigenvalue weighted by Gasteiger charge is -2.38. The van der Waals surface area contributed by atoms with Gasteiger partial charge in [0.2, 0.25) is 0 Å². The monoisotopic (exact) mass is 307 g/mol. The van der Waals surface area contributed by atoms with Crippen molar-refractivity contribution in [1.82, 2.24) is 4.90 Å². The molecule has 23 heavy (non-hydrogen) atoms. The van der Waals surface area contributed by atoms with Crippen LogP contribution < -0.4 is 0 Å². The molecule has 0 spiro atoms. The molecule has 1 aliphatic heterocycles. The highest BCUT2D eigenvalue weighted by Crippen LogP contribution is 2.42. The van der Waals surface area contributed by atoms with E-state index in [1.807, 2.05) is 24.0 Å². The SMILES string of the molecule is Cc1ccc(C(=O)N2CCC[C@H]3c4ccccc4C[C@H]32)cc1O. The first-order valence-corrected chi connectivity index (χ1v) is 8.33. The number of hydrogen-bond acceptors (Lipinski definition) is 2. The van der Waals surface area contributed by atoms with Gasteiger partial charge >= 0.3 is 0 Å². The Bertz CT molecular complexity index is 768. The summed E-state index contributed by atoms with van der Waals surface area (Å²) in [5.41, 5.74) is 4.19. The maximum atomic E-state index is 13.0. The topological polar surface area (TPSA) is 40.5 Å². The second-order valence-electron chi connectivity index (χ2n) is 6.72. The molecule has 0 saturated carbocycles. The smallest absolute Gasteiger partial charge is 0.254 e. The van der Waals surface area contributed by atoms with E-state index in [2.05, 4.69) is 24.3 Å². The lowest BCUT2D eigenvalue weighted by atomic mass is 9.88. The van der Waals surface area contributed by atoms with Crippen molar-refractivity contribution in [2.45, 2.75) is 38.1 Å². The highest BCUT2D eigenvalue weighted by molar-refractivity contribution is 5.95. The van der Waals surface area contributed by atoms with Gasteiger partial charge in [0.05, 0.1) is 0 Å². The summed E-state index contributed by atoms with van der Waals surface area (Å²) >= 11 is 0. The molecule has 1 saturated heterocycles. The van der Waals surface area contributed by atoms with Crippen LogP contribution in [0.15, 0.2) is 42.5 Å². The molecule has 1 fully saturated rings. The molecular formula is C20H21NO2. The van der Waals surface area contributed by atoms with E-state index in [9.17, 15) is 9.90 Å². The van der Waals surface area contributed by atoms with Crippen LogP contribution in [0, 0.1) is 6.92 Å². The first-order valence-electron chi connectivity index (χ1n) is 8.33. The molecule has 2 aromatic carbocycles. The van der Waals surface area contributed by atoms with Gasteiger partial charge in [-0.2, -0.15) is 0 Å². The van der Waals surface area contributed by atoms with Crippen molar-refractivity contribution in [3.05, 3.63) is 64.7 Å². The minimum Gasteiger partial charge on any atom is -0.508 e. The zero-order chi connectivity index (χ0) is 16.0. The Kier molecular flexibility index (Phi) is 3.37. The molecule has 2 atom stereocenters. The number of phenolic OH excluding ortho intramolecular Hbond substituents is 1. The summed E-state index contributed by atoms with van der Waals surface area (Å²) in [4.78, 5) is 15.0. The first kappa shape index (κ1) is 14.3. The first-order chi connectivity index (χ1) is 11.1. The van der Waals surface area contributed by atoms with Crippen LogP contribution >= 0.6 is 0 Å². The number of aromatic hydroxyl groups is 1. The minimum atomic E-state index is 0.0443. The van der Waals surface area contributed by atoms with Crippen molar-refractivity contribution in [3.63, 3.8) is 0 Å². The van der Waals surface area contributed by atoms with Crippen LogP contribution in [0.2, 0.25) is 0 Å². The minimum absolute atomic E-state index is 0.0443. The molecule has 3 nitrogen and oxygen atoms in total. The number of carbonyl (C=O) groups excluding carboxylic acids is 1. The number of rotatable bonds is 1. The lowest BCUT2D eigenvalue weighted by molar-refractivity contribution is 0.0595. The summed E-state index contributed by atoms with van der Waals surface area (Å²) in [7, 11) is 0. The van der Waals surface area contributed by atoms with E-state index >= 15 is 0 Å². The maximum Gasteiger partial charge on any atom is 0.254 e. The third kappa shape index (κ3) is 2.31. The number of aryl methyl sites for hydroxylation is 1. The van der Waals surface area contributed by atoms with Gasteiger partial charge in [-0.05, 0) is 55.0 Å². The van der Waals surface area contributed by atoms with Crippen LogP contribution in [0.1, 0.15) is 45.8 Å². The molecule has 0 bridgehead atoms. The van der Waals surface area contributed by atoms with Crippen LogP contribution in [-0.2, 0) is 6.42 Å². The Balaban J connectivity index is 1.65. The average molecular weight is 307 g/mol. The van der Waals surface area contributed by atoms with Crippen molar-refractivity contribution in [1.29, 1.82) is 0 Å². The van der Waals surface area contributed by atoms with Crippen molar-refractivity contribution in [3.8, 4) is 5.75 Å². The molecule has 4 rings (SSSR count). The molecule has 1 heterocycles. The van der Waals surface area contributed by atoms with Gasteiger partial charge in [0.1, 0.15) is 5.75 Å². The van der Waals surface area contributed by atoms with E-state index in [4.69, 9.17) is 0 Å². The van der Waals surface area contributed by atoms with Gasteiger partial charge in [-0.15, -0.1) is 0 Å². The summed E-state index contributed by atoms with van der Waals surface area (Å²) in [6.07, 6.45) is 3.15. The second kappa shape index (κ2) is 5.41. The standard InChI is InChI=1S/C20H21NO2/c1-13-8-9-15(12-19(13)22)20(23)21-10-4-7-17-16-6-3-2-5-14(16)11-18(17)21/h2-3,5-6,8-9,12,17-18,22H,4,7,10-11H2,1H3/t17-,18+/m0/s1. The number of fused-ring (bicyclic) bond motifs is 3. The Labute approximate surface area is 136 Å². The van der Waals surface area contributed by atoms with Gasteiger partial charge in [0.15, 0.2) is 0 Å². The third-order valence-corrected chi connectivity index (χ3v) is 5.38. The highest BCUT2D eigenvalue weighted by atomic mass is 16.3. The van der Waals surface area contributed by atoms with E-state index in [1.165, 1.54) is 11.1 Å². The number of carbonyl (C=O) groups is 1. The Hall–Kier alpha value is -2.29. The Morgan fingerprint density at radius 1 is 1.22 bits per heavy atom. The number of piperidine rings is 1. The molecule has 3 heteroatoms. The molecule has 1 aliphatic carbocycles. The lowest BCUT2D eigenvalue weighted by Crippen LogP contribution is -2.46. The number of benzene rings is 2. The molecule has 2 aliphatic rings. The number of phenols is 1. The predicted molar refractivity (Wildman–Crippen MR) is 89.8 cm³/mol. The predicted octanol–water partition coefficient (Wildman–Crippen LogP) is 3.65. The van der Waals surface area contributed by atoms with Crippen LogP contribution in [0.5, 0.6) is 5.75 Å². The van der Waals surface area contributed by atoms with Gasteiger partial charge in [-0.1, -0.05) is 30.3 Å². The van der Waals surface area contributed by atoms with Crippen LogP contribution in [-0.4, -0.2) is 28.5 Å². The summed E-state index contributed by atoms with van der Waals surface area (Å²) in [6.45, 7) is 2.65. The zero-order valence-corrected chi connectivity index (χ0v) is 13.3. The van der Waals surface area contributed by atoms with Gasteiger partial charge < -0.3 is 10.0 Å². The van der Waals surface area contributed by atoms with E-state index in [0.717, 1.165) is 31.4 Å². The average Bonchev–Trinajstić information content (AvgIpc) is 2.95. The van der Waals surface area contributed by atoms with Gasteiger partial charge in [0.25, 0.3) is 5.91 Å². The van der Waals surface area contributed by atoms with Crippen molar-refractivity contribution >= 4 is 5.91 Å². The molecule has 1 N–H and O–H groups in total. The van der Waals surface area contributed by atoms with E-state index in [-0.39, 0.29) is 17.7 Å². The Morgan fingerprint density at radius 3 is 2.87 bits per heavy atom. The summed E-state index contributed by atoms with van der Waals surface area (Å²) in [5, 5.41) is 9.91. The fourth-order valence-electron chi connectivity index (χ4n) is 4.14. The molecule has 1 amide bonds. The van der Waals surface area contributed by atoms with Crippen LogP contribution in [0.4, 0.5) is 0 Å². The normalized spacial score (nSPS) is 22.6. The summed E-state index contributed by atoms with van der Waals surface area (Å²) < 4.78 is 0. The highest BCUT2D eigenvalue weighted by Gasteiger charge is 2.40. The molecule has 2 aromatic rings. The maximum absolute atomic E-state index is 13.0. The van der Waals surface area contributed by atoms with E-state index in [1.54, 1.807) is 6.07 Å². The number of hydrogen-bond donors (Lipinski definition) is 1. The fourth-order valence-corrected chi connectivity index (χ4v) is 4.14. The van der Waals surface area contributed by atoms with Crippen molar-refractivity contribution in [2.75, 3.05) is 6.54 Å². The Morgan fingerprint density at radius 2 is 2.04 bits per heavy atom. The molecule has 0 radical (unpaired) electrons. The number of likely N-dealkylation sites (tertiary alicyclic amines) is 1. The molecular weight excluding hydrogens is 286 g/mol. The largest absolute Gasteiger partial charge is 0.508 e. The third-order valence-electron chi connectivity index (χ3n) is 5.38. The summed E-state index contributed by atoms with van der Waals surface area (Å²) in [6, 6.07) is 14.1. The molecule has 0 unspecified atom stereocenters. The van der Waals surface area contributed by atoms with Crippen molar-refractivity contribution < 1.29 is 9.90 Å². The number of amides is 1. The van der Waals surface area contributed by atoms with Crippen molar-refractivity contribution in [2.24, 2.45) is 0 Å². The fraction of sp³-hybridized carbons (Fsp3) is 0.350. The summed E-state index contributed by atoms with van der Waals surface area (Å²) in [5.74, 6) is 0.699. The van der Waals surface area contributed by atoms with E-state index in [0.29, 0.717) is 11.5 Å². The molecule has 118 valence electrons. The van der Waals surface area contributed by atoms with E-state index < -0.39 is 0 Å². The van der Waals surface area contributed by atoms with Gasteiger partial charge in [-0.25, -0.2) is 0 Å². The van der Waals surface area contributed by atoms with Crippen LogP contribution in [0.25, 0.3) is 0 Å². The zero-order valence-electron chi connectivity index (χ0n) is 13.3. The molecule has 0 aromatic heterocycles. The van der Waals surface area contributed by atoms with Gasteiger partial charge in [-0.3, -0.25) is 4.79 Å². The second-order valence-corrected chi connectivity index (χ2v) is 6.72. The van der Waals surface area contributed by atoms with Gasteiger partial charge in [0, 0.05) is 24.1 Å². The quantitative estimate of drug-likeness (QED) is 0.873. The van der Waals surface area contributed by atoms with Crippen LogP contribution in [0.3, 0.4) is 0 Å².